The van der Waals surface area contributed by atoms with Crippen molar-refractivity contribution in [2.24, 2.45) is 0 Å². The van der Waals surface area contributed by atoms with E-state index in [2.05, 4.69) is 5.16 Å². The van der Waals surface area contributed by atoms with Crippen LogP contribution < -0.4 is 4.74 Å². The molecule has 8 heteroatoms. The SMILES string of the molecule is O=C1c2ccccc2C(=O)N1CCOc1ccc2c(-c3cc(F)ccc3F)noc2c1. The fraction of sp³-hybridized carbons (Fsp3) is 0.0870. The van der Waals surface area contributed by atoms with Crippen molar-refractivity contribution in [2.45, 2.75) is 0 Å². The van der Waals surface area contributed by atoms with Crippen LogP contribution in [0, 0.1) is 11.6 Å². The summed E-state index contributed by atoms with van der Waals surface area (Å²) >= 11 is 0. The lowest BCUT2D eigenvalue weighted by molar-refractivity contribution is 0.0631. The van der Waals surface area contributed by atoms with Crippen molar-refractivity contribution in [1.82, 2.24) is 10.1 Å². The van der Waals surface area contributed by atoms with Crippen LogP contribution in [0.4, 0.5) is 8.78 Å². The van der Waals surface area contributed by atoms with E-state index in [0.717, 1.165) is 23.1 Å². The minimum atomic E-state index is -0.613. The molecule has 4 aromatic rings. The Morgan fingerprint density at radius 2 is 1.65 bits per heavy atom. The van der Waals surface area contributed by atoms with Gasteiger partial charge in [0.2, 0.25) is 0 Å². The molecule has 0 spiro atoms. The van der Waals surface area contributed by atoms with E-state index in [9.17, 15) is 18.4 Å². The summed E-state index contributed by atoms with van der Waals surface area (Å²) in [6.07, 6.45) is 0. The minimum absolute atomic E-state index is 0.00181. The highest BCUT2D eigenvalue weighted by molar-refractivity contribution is 6.21. The van der Waals surface area contributed by atoms with E-state index < -0.39 is 11.6 Å². The first-order valence-electron chi connectivity index (χ1n) is 9.46. The monoisotopic (exact) mass is 420 g/mol. The summed E-state index contributed by atoms with van der Waals surface area (Å²) < 4.78 is 38.5. The Bertz CT molecular complexity index is 1310. The molecule has 0 atom stereocenters. The van der Waals surface area contributed by atoms with E-state index in [1.807, 2.05) is 0 Å². The number of carbonyl (C=O) groups excluding carboxylic acids is 2. The van der Waals surface area contributed by atoms with E-state index >= 15 is 0 Å². The summed E-state index contributed by atoms with van der Waals surface area (Å²) in [6.45, 7) is 0.164. The zero-order chi connectivity index (χ0) is 21.5. The van der Waals surface area contributed by atoms with Crippen molar-refractivity contribution in [3.05, 3.63) is 83.4 Å². The van der Waals surface area contributed by atoms with Crippen LogP contribution in [-0.2, 0) is 0 Å². The molecule has 5 rings (SSSR count). The van der Waals surface area contributed by atoms with Crippen LogP contribution in [0.15, 0.2) is 65.2 Å². The maximum Gasteiger partial charge on any atom is 0.261 e. The van der Waals surface area contributed by atoms with Crippen molar-refractivity contribution >= 4 is 22.8 Å². The van der Waals surface area contributed by atoms with Crippen molar-refractivity contribution in [3.8, 4) is 17.0 Å². The van der Waals surface area contributed by atoms with Gasteiger partial charge in [0.25, 0.3) is 11.8 Å². The maximum absolute atomic E-state index is 14.1. The average molecular weight is 420 g/mol. The lowest BCUT2D eigenvalue weighted by atomic mass is 10.1. The van der Waals surface area contributed by atoms with Gasteiger partial charge in [-0.05, 0) is 42.5 Å². The van der Waals surface area contributed by atoms with Crippen LogP contribution in [0.25, 0.3) is 22.2 Å². The highest BCUT2D eigenvalue weighted by atomic mass is 19.1. The number of hydrogen-bond donors (Lipinski definition) is 0. The van der Waals surface area contributed by atoms with Gasteiger partial charge in [-0.25, -0.2) is 8.78 Å². The van der Waals surface area contributed by atoms with Crippen molar-refractivity contribution in [2.75, 3.05) is 13.2 Å². The van der Waals surface area contributed by atoms with Gasteiger partial charge in [0, 0.05) is 11.6 Å². The molecule has 0 radical (unpaired) electrons. The number of amides is 2. The zero-order valence-electron chi connectivity index (χ0n) is 16.0. The van der Waals surface area contributed by atoms with E-state index in [1.54, 1.807) is 42.5 Å². The molecular formula is C23H14F2N2O4. The number of fused-ring (bicyclic) bond motifs is 2. The summed E-state index contributed by atoms with van der Waals surface area (Å²) in [4.78, 5) is 25.9. The number of benzene rings is 3. The molecule has 3 aromatic carbocycles. The van der Waals surface area contributed by atoms with E-state index in [0.29, 0.717) is 27.8 Å². The molecule has 1 aliphatic heterocycles. The molecule has 1 aliphatic rings. The first-order chi connectivity index (χ1) is 15.0. The second-order valence-electron chi connectivity index (χ2n) is 6.97. The number of ether oxygens (including phenoxy) is 1. The van der Waals surface area contributed by atoms with Gasteiger partial charge in [-0.15, -0.1) is 0 Å². The van der Waals surface area contributed by atoms with Gasteiger partial charge in [-0.1, -0.05) is 17.3 Å². The quantitative estimate of drug-likeness (QED) is 0.446. The topological polar surface area (TPSA) is 72.6 Å². The second kappa shape index (κ2) is 7.32. The zero-order valence-corrected chi connectivity index (χ0v) is 16.0. The minimum Gasteiger partial charge on any atom is -0.492 e. The molecule has 0 unspecified atom stereocenters. The summed E-state index contributed by atoms with van der Waals surface area (Å²) in [5.74, 6) is -1.47. The van der Waals surface area contributed by atoms with Crippen LogP contribution >= 0.6 is 0 Å². The van der Waals surface area contributed by atoms with Gasteiger partial charge in [0.1, 0.15) is 29.7 Å². The highest BCUT2D eigenvalue weighted by Gasteiger charge is 2.34. The number of carbonyl (C=O) groups is 2. The second-order valence-corrected chi connectivity index (χ2v) is 6.97. The van der Waals surface area contributed by atoms with E-state index in [4.69, 9.17) is 9.26 Å². The van der Waals surface area contributed by atoms with E-state index in [-0.39, 0.29) is 36.2 Å². The van der Waals surface area contributed by atoms with Crippen molar-refractivity contribution in [3.63, 3.8) is 0 Å². The third kappa shape index (κ3) is 3.22. The Morgan fingerprint density at radius 3 is 2.39 bits per heavy atom. The standard InChI is InChI=1S/C23H14F2N2O4/c24-13-5-8-19(25)18(11-13)21-17-7-6-14(12-20(17)31-26-21)30-10-9-27-22(28)15-3-1-2-4-16(15)23(27)29/h1-8,11-12H,9-10H2. The molecule has 0 bridgehead atoms. The lowest BCUT2D eigenvalue weighted by Gasteiger charge is -2.14. The highest BCUT2D eigenvalue weighted by Crippen LogP contribution is 2.32. The Kier molecular flexibility index (Phi) is 4.47. The molecule has 31 heavy (non-hydrogen) atoms. The van der Waals surface area contributed by atoms with Gasteiger partial charge in [-0.3, -0.25) is 14.5 Å². The largest absolute Gasteiger partial charge is 0.492 e. The Labute approximate surface area is 174 Å². The molecule has 6 nitrogen and oxygen atoms in total. The number of aromatic nitrogens is 1. The van der Waals surface area contributed by atoms with Gasteiger partial charge in [0.05, 0.1) is 23.1 Å². The molecule has 0 saturated heterocycles. The Morgan fingerprint density at radius 1 is 0.903 bits per heavy atom. The number of imide groups is 1. The molecule has 2 heterocycles. The van der Waals surface area contributed by atoms with Gasteiger partial charge in [0.15, 0.2) is 5.58 Å². The van der Waals surface area contributed by atoms with Crippen molar-refractivity contribution in [1.29, 1.82) is 0 Å². The number of nitrogens with zero attached hydrogens (tertiary/aromatic N) is 2. The maximum atomic E-state index is 14.1. The molecule has 1 aromatic heterocycles. The Balaban J connectivity index is 1.31. The van der Waals surface area contributed by atoms with Gasteiger partial charge < -0.3 is 9.26 Å². The van der Waals surface area contributed by atoms with Crippen LogP contribution in [-0.4, -0.2) is 35.0 Å². The van der Waals surface area contributed by atoms with Crippen LogP contribution in [0.3, 0.4) is 0 Å². The molecule has 0 fully saturated rings. The third-order valence-electron chi connectivity index (χ3n) is 5.09. The average Bonchev–Trinajstić information content (AvgIpc) is 3.30. The molecular weight excluding hydrogens is 406 g/mol. The Hall–Kier alpha value is -4.07. The molecule has 0 aliphatic carbocycles. The van der Waals surface area contributed by atoms with Crippen molar-refractivity contribution < 1.29 is 27.6 Å². The number of hydrogen-bond acceptors (Lipinski definition) is 5. The summed E-state index contributed by atoms with van der Waals surface area (Å²) in [6, 6.07) is 14.6. The first kappa shape index (κ1) is 18.9. The first-order valence-corrected chi connectivity index (χ1v) is 9.46. The normalized spacial score (nSPS) is 13.2. The molecule has 0 saturated carbocycles. The predicted octanol–water partition coefficient (Wildman–Crippen LogP) is 4.45. The lowest BCUT2D eigenvalue weighted by Crippen LogP contribution is -2.33. The predicted molar refractivity (Wildman–Crippen MR) is 107 cm³/mol. The fourth-order valence-corrected chi connectivity index (χ4v) is 3.58. The van der Waals surface area contributed by atoms with Crippen LogP contribution in [0.2, 0.25) is 0 Å². The fourth-order valence-electron chi connectivity index (χ4n) is 3.58. The summed E-state index contributed by atoms with van der Waals surface area (Å²) in [7, 11) is 0. The summed E-state index contributed by atoms with van der Waals surface area (Å²) in [5.41, 5.74) is 1.28. The molecule has 2 amide bonds. The number of rotatable bonds is 5. The number of halogens is 2. The van der Waals surface area contributed by atoms with E-state index in [1.165, 1.54) is 0 Å². The van der Waals surface area contributed by atoms with Gasteiger partial charge >= 0.3 is 0 Å². The summed E-state index contributed by atoms with van der Waals surface area (Å²) in [5, 5.41) is 4.36. The van der Waals surface area contributed by atoms with Gasteiger partial charge in [-0.2, -0.15) is 0 Å². The van der Waals surface area contributed by atoms with Crippen LogP contribution in [0.1, 0.15) is 20.7 Å². The van der Waals surface area contributed by atoms with Crippen LogP contribution in [0.5, 0.6) is 5.75 Å². The smallest absolute Gasteiger partial charge is 0.261 e. The molecule has 154 valence electrons. The molecule has 0 N–H and O–H groups in total. The third-order valence-corrected chi connectivity index (χ3v) is 5.09.